The summed E-state index contributed by atoms with van der Waals surface area (Å²) in [5.74, 6) is -0.633. The molecule has 7 nitrogen and oxygen atoms in total. The van der Waals surface area contributed by atoms with E-state index in [1.807, 2.05) is 0 Å². The Morgan fingerprint density at radius 1 is 1.47 bits per heavy atom. The molecule has 0 aromatic carbocycles. The van der Waals surface area contributed by atoms with Crippen molar-refractivity contribution in [3.8, 4) is 0 Å². The van der Waals surface area contributed by atoms with Gasteiger partial charge < -0.3 is 14.9 Å². The van der Waals surface area contributed by atoms with Gasteiger partial charge in [-0.15, -0.1) is 0 Å². The van der Waals surface area contributed by atoms with Crippen LogP contribution in [0, 0.1) is 0 Å². The third-order valence-electron chi connectivity index (χ3n) is 3.09. The van der Waals surface area contributed by atoms with Crippen LogP contribution < -0.4 is 5.73 Å². The number of piperidine rings is 1. The molecule has 2 heterocycles. The van der Waals surface area contributed by atoms with Crippen LogP contribution in [0.1, 0.15) is 23.2 Å². The van der Waals surface area contributed by atoms with Crippen LogP contribution in [-0.4, -0.2) is 44.9 Å². The van der Waals surface area contributed by atoms with Crippen molar-refractivity contribution in [3.05, 3.63) is 17.9 Å². The Morgan fingerprint density at radius 2 is 2.11 bits per heavy atom. The normalized spacial score (nSPS) is 18.4. The van der Waals surface area contributed by atoms with Gasteiger partial charge in [0.15, 0.2) is 0 Å². The highest BCUT2D eigenvalue weighted by Gasteiger charge is 2.31. The molecule has 1 saturated heterocycles. The summed E-state index contributed by atoms with van der Waals surface area (Å²) in [6.07, 6.45) is 2.31. The van der Waals surface area contributed by atoms with Crippen molar-refractivity contribution in [2.24, 2.45) is 5.73 Å². The number of sulfonamides is 1. The third-order valence-corrected chi connectivity index (χ3v) is 4.86. The fraction of sp³-hybridized carbons (Fsp3) is 0.545. The van der Waals surface area contributed by atoms with E-state index in [0.717, 1.165) is 6.26 Å². The predicted octanol–water partition coefficient (Wildman–Crippen LogP) is 0.178. The number of rotatable bonds is 3. The molecule has 0 spiro atoms. The summed E-state index contributed by atoms with van der Waals surface area (Å²) in [6, 6.07) is 1.21. The highest BCUT2D eigenvalue weighted by molar-refractivity contribution is 7.89. The second kappa shape index (κ2) is 5.32. The maximum Gasteiger partial charge on any atom is 0.341 e. The lowest BCUT2D eigenvalue weighted by atomic mass is 10.1. The quantitative estimate of drug-likeness (QED) is 0.796. The van der Waals surface area contributed by atoms with E-state index >= 15 is 0 Å². The first-order valence-electron chi connectivity index (χ1n) is 5.87. The van der Waals surface area contributed by atoms with E-state index in [2.05, 4.69) is 4.74 Å². The highest BCUT2D eigenvalue weighted by Crippen LogP contribution is 2.22. The van der Waals surface area contributed by atoms with Crippen LogP contribution in [0.5, 0.6) is 0 Å². The van der Waals surface area contributed by atoms with Gasteiger partial charge in [0.05, 0.1) is 12.7 Å². The molecular formula is C11H16N2O5S. The van der Waals surface area contributed by atoms with E-state index in [0.29, 0.717) is 25.9 Å². The minimum absolute atomic E-state index is 0.0358. The van der Waals surface area contributed by atoms with Crippen molar-refractivity contribution in [3.63, 3.8) is 0 Å². The standard InChI is InChI=1S/C11H16N2O5S/c1-17-11(14)8-6-10(18-7-8)19(15,16)13-4-2-9(12)3-5-13/h6-7,9H,2-5,12H2,1H3. The van der Waals surface area contributed by atoms with E-state index in [9.17, 15) is 13.2 Å². The molecule has 106 valence electrons. The minimum Gasteiger partial charge on any atom is -0.465 e. The second-order valence-electron chi connectivity index (χ2n) is 4.39. The zero-order valence-electron chi connectivity index (χ0n) is 10.5. The van der Waals surface area contributed by atoms with Crippen LogP contribution in [0.15, 0.2) is 21.8 Å². The maximum absolute atomic E-state index is 12.3. The van der Waals surface area contributed by atoms with Gasteiger partial charge in [-0.05, 0) is 12.8 Å². The number of ether oxygens (including phenoxy) is 1. The highest BCUT2D eigenvalue weighted by atomic mass is 32.2. The van der Waals surface area contributed by atoms with E-state index < -0.39 is 16.0 Å². The van der Waals surface area contributed by atoms with E-state index in [1.165, 1.54) is 17.5 Å². The number of carbonyl (C=O) groups is 1. The lowest BCUT2D eigenvalue weighted by Gasteiger charge is -2.28. The van der Waals surface area contributed by atoms with Gasteiger partial charge in [-0.3, -0.25) is 0 Å². The van der Waals surface area contributed by atoms with Gasteiger partial charge in [0.1, 0.15) is 6.26 Å². The summed E-state index contributed by atoms with van der Waals surface area (Å²) in [6.45, 7) is 0.718. The fourth-order valence-electron chi connectivity index (χ4n) is 1.92. The first-order valence-corrected chi connectivity index (χ1v) is 7.31. The van der Waals surface area contributed by atoms with Gasteiger partial charge in [0.2, 0.25) is 5.09 Å². The molecule has 1 aliphatic rings. The molecule has 0 amide bonds. The lowest BCUT2D eigenvalue weighted by Crippen LogP contribution is -2.42. The van der Waals surface area contributed by atoms with Crippen LogP contribution in [0.2, 0.25) is 0 Å². The first-order chi connectivity index (χ1) is 8.95. The van der Waals surface area contributed by atoms with Gasteiger partial charge in [-0.2, -0.15) is 4.31 Å². The Balaban J connectivity index is 2.20. The number of nitrogens with two attached hydrogens (primary N) is 1. The topological polar surface area (TPSA) is 103 Å². The number of nitrogens with zero attached hydrogens (tertiary/aromatic N) is 1. The fourth-order valence-corrected chi connectivity index (χ4v) is 3.31. The van der Waals surface area contributed by atoms with Crippen molar-refractivity contribution in [2.75, 3.05) is 20.2 Å². The van der Waals surface area contributed by atoms with Gasteiger partial charge in [0.25, 0.3) is 10.0 Å². The summed E-state index contributed by atoms with van der Waals surface area (Å²) in [7, 11) is -2.49. The van der Waals surface area contributed by atoms with Crippen molar-refractivity contribution in [1.82, 2.24) is 4.31 Å². The van der Waals surface area contributed by atoms with Crippen molar-refractivity contribution >= 4 is 16.0 Å². The van der Waals surface area contributed by atoms with Crippen LogP contribution >= 0.6 is 0 Å². The van der Waals surface area contributed by atoms with Crippen LogP contribution in [0.4, 0.5) is 0 Å². The largest absolute Gasteiger partial charge is 0.465 e. The van der Waals surface area contributed by atoms with E-state index in [-0.39, 0.29) is 16.7 Å². The van der Waals surface area contributed by atoms with Gasteiger partial charge in [-0.25, -0.2) is 13.2 Å². The summed E-state index contributed by atoms with van der Waals surface area (Å²) in [5, 5.41) is -0.247. The average molecular weight is 288 g/mol. The third kappa shape index (κ3) is 2.80. The Kier molecular flexibility index (Phi) is 3.93. The molecule has 1 fully saturated rings. The molecule has 0 unspecified atom stereocenters. The molecule has 0 radical (unpaired) electrons. The van der Waals surface area contributed by atoms with Crippen LogP contribution in [-0.2, 0) is 14.8 Å². The Morgan fingerprint density at radius 3 is 2.68 bits per heavy atom. The second-order valence-corrected chi connectivity index (χ2v) is 6.26. The number of esters is 1. The van der Waals surface area contributed by atoms with Crippen molar-refractivity contribution < 1.29 is 22.4 Å². The predicted molar refractivity (Wildman–Crippen MR) is 66.0 cm³/mol. The number of carbonyl (C=O) groups excluding carboxylic acids is 1. The maximum atomic E-state index is 12.3. The molecule has 8 heteroatoms. The van der Waals surface area contributed by atoms with Gasteiger partial charge in [0, 0.05) is 25.2 Å². The molecule has 19 heavy (non-hydrogen) atoms. The van der Waals surface area contributed by atoms with Crippen molar-refractivity contribution in [2.45, 2.75) is 24.0 Å². The molecular weight excluding hydrogens is 272 g/mol. The number of furan rings is 1. The number of hydrogen-bond acceptors (Lipinski definition) is 6. The molecule has 1 aromatic heterocycles. The zero-order chi connectivity index (χ0) is 14.0. The number of hydrogen-bond donors (Lipinski definition) is 1. The van der Waals surface area contributed by atoms with Gasteiger partial charge >= 0.3 is 5.97 Å². The Bertz CT molecular complexity index is 557. The summed E-state index contributed by atoms with van der Waals surface area (Å²) in [5.41, 5.74) is 5.81. The molecule has 2 N–H and O–H groups in total. The molecule has 1 aliphatic heterocycles. The Hall–Kier alpha value is -1.38. The summed E-state index contributed by atoms with van der Waals surface area (Å²) < 4.78 is 35.3. The van der Waals surface area contributed by atoms with Crippen LogP contribution in [0.25, 0.3) is 0 Å². The monoisotopic (exact) mass is 288 g/mol. The average Bonchev–Trinajstić information content (AvgIpc) is 2.88. The molecule has 0 bridgehead atoms. The molecule has 1 aromatic rings. The molecule has 0 atom stereocenters. The minimum atomic E-state index is -3.70. The zero-order valence-corrected chi connectivity index (χ0v) is 11.4. The SMILES string of the molecule is COC(=O)c1coc(S(=O)(=O)N2CCC(N)CC2)c1. The molecule has 0 aliphatic carbocycles. The summed E-state index contributed by atoms with van der Waals surface area (Å²) >= 11 is 0. The summed E-state index contributed by atoms with van der Waals surface area (Å²) in [4.78, 5) is 11.3. The van der Waals surface area contributed by atoms with Gasteiger partial charge in [-0.1, -0.05) is 0 Å². The molecule has 0 saturated carbocycles. The first kappa shape index (κ1) is 14.0. The number of methoxy groups -OCH3 is 1. The van der Waals surface area contributed by atoms with E-state index in [1.54, 1.807) is 0 Å². The Labute approximate surface area is 111 Å². The molecule has 2 rings (SSSR count). The smallest absolute Gasteiger partial charge is 0.341 e. The van der Waals surface area contributed by atoms with Crippen molar-refractivity contribution in [1.29, 1.82) is 0 Å². The lowest BCUT2D eigenvalue weighted by molar-refractivity contribution is 0.0600. The van der Waals surface area contributed by atoms with E-state index in [4.69, 9.17) is 10.2 Å². The van der Waals surface area contributed by atoms with Crippen LogP contribution in [0.3, 0.4) is 0 Å².